The number of carbonyl (C=O) groups is 1. The summed E-state index contributed by atoms with van der Waals surface area (Å²) in [5.41, 5.74) is 1.41. The van der Waals surface area contributed by atoms with Crippen LogP contribution in [0.15, 0.2) is 58.9 Å². The molecule has 0 saturated heterocycles. The number of ether oxygens (including phenoxy) is 1. The number of aromatic nitrogens is 2. The van der Waals surface area contributed by atoms with E-state index < -0.39 is 9.84 Å². The summed E-state index contributed by atoms with van der Waals surface area (Å²) in [4.78, 5) is 20.9. The minimum Gasteiger partial charge on any atom is -0.497 e. The Morgan fingerprint density at radius 3 is 2.61 bits per heavy atom. The van der Waals surface area contributed by atoms with Gasteiger partial charge in [0.1, 0.15) is 11.4 Å². The fourth-order valence-corrected chi connectivity index (χ4v) is 4.50. The molecule has 1 aromatic carbocycles. The quantitative estimate of drug-likeness (QED) is 0.603. The van der Waals surface area contributed by atoms with E-state index in [0.29, 0.717) is 16.6 Å². The zero-order valence-corrected chi connectivity index (χ0v) is 16.8. The molecule has 1 amide bonds. The number of nitrogens with zero attached hydrogens (tertiary/aromatic N) is 2. The van der Waals surface area contributed by atoms with Gasteiger partial charge in [0.25, 0.3) is 0 Å². The minimum atomic E-state index is -3.44. The van der Waals surface area contributed by atoms with Gasteiger partial charge in [-0.25, -0.2) is 13.4 Å². The number of pyridine rings is 1. The van der Waals surface area contributed by atoms with Crippen molar-refractivity contribution in [3.05, 3.63) is 54.0 Å². The van der Waals surface area contributed by atoms with Gasteiger partial charge in [-0.3, -0.25) is 9.78 Å². The van der Waals surface area contributed by atoms with Crippen LogP contribution in [0.1, 0.15) is 12.8 Å². The Kier molecular flexibility index (Phi) is 6.37. The van der Waals surface area contributed by atoms with Crippen LogP contribution in [0.5, 0.6) is 5.75 Å². The van der Waals surface area contributed by atoms with Crippen LogP contribution < -0.4 is 10.1 Å². The summed E-state index contributed by atoms with van der Waals surface area (Å²) in [7, 11) is -1.92. The molecule has 0 fully saturated rings. The predicted molar refractivity (Wildman–Crippen MR) is 108 cm³/mol. The Morgan fingerprint density at radius 1 is 1.14 bits per heavy atom. The molecule has 0 atom stereocenters. The molecule has 1 N–H and O–H groups in total. The summed E-state index contributed by atoms with van der Waals surface area (Å²) in [5.74, 6) is 0.211. The highest BCUT2D eigenvalue weighted by Crippen LogP contribution is 2.23. The summed E-state index contributed by atoms with van der Waals surface area (Å²) >= 11 is 1.30. The van der Waals surface area contributed by atoms with Gasteiger partial charge in [-0.05, 0) is 42.8 Å². The van der Waals surface area contributed by atoms with E-state index in [-0.39, 0.29) is 29.4 Å². The molecule has 0 bridgehead atoms. The number of thiazole rings is 1. The maximum atomic E-state index is 12.3. The molecule has 3 rings (SSSR count). The van der Waals surface area contributed by atoms with Gasteiger partial charge < -0.3 is 10.1 Å². The summed E-state index contributed by atoms with van der Waals surface area (Å²) in [5, 5.41) is 4.98. The molecular formula is C19H19N3O4S2. The highest BCUT2D eigenvalue weighted by atomic mass is 32.2. The van der Waals surface area contributed by atoms with Crippen LogP contribution in [-0.4, -0.2) is 37.2 Å². The van der Waals surface area contributed by atoms with Crippen molar-refractivity contribution in [3.8, 4) is 17.1 Å². The lowest BCUT2D eigenvalue weighted by molar-refractivity contribution is -0.116. The molecule has 2 aromatic heterocycles. The third-order valence-corrected chi connectivity index (χ3v) is 6.49. The van der Waals surface area contributed by atoms with Gasteiger partial charge >= 0.3 is 0 Å². The molecule has 0 saturated carbocycles. The first-order valence-electron chi connectivity index (χ1n) is 8.51. The van der Waals surface area contributed by atoms with Crippen molar-refractivity contribution in [2.45, 2.75) is 17.7 Å². The molecule has 3 aromatic rings. The maximum absolute atomic E-state index is 12.3. The molecule has 7 nitrogen and oxygen atoms in total. The second-order valence-corrected chi connectivity index (χ2v) is 8.87. The van der Waals surface area contributed by atoms with E-state index >= 15 is 0 Å². The summed E-state index contributed by atoms with van der Waals surface area (Å²) in [6, 6.07) is 11.7. The highest BCUT2D eigenvalue weighted by molar-refractivity contribution is 7.91. The molecule has 2 heterocycles. The van der Waals surface area contributed by atoms with Crippen LogP contribution in [0.4, 0.5) is 5.13 Å². The van der Waals surface area contributed by atoms with Crippen molar-refractivity contribution >= 4 is 32.2 Å². The number of amides is 1. The Balaban J connectivity index is 1.51. The van der Waals surface area contributed by atoms with Gasteiger partial charge in [-0.1, -0.05) is 6.07 Å². The zero-order valence-electron chi connectivity index (χ0n) is 15.2. The number of hydrogen-bond donors (Lipinski definition) is 1. The number of anilines is 1. The second-order valence-electron chi connectivity index (χ2n) is 5.90. The van der Waals surface area contributed by atoms with Crippen LogP contribution in [0.25, 0.3) is 11.4 Å². The number of benzene rings is 1. The SMILES string of the molecule is COc1ccc(S(=O)(=O)CCCC(=O)Nc2nc(-c3ccccn3)cs2)cc1. The van der Waals surface area contributed by atoms with E-state index in [9.17, 15) is 13.2 Å². The lowest BCUT2D eigenvalue weighted by Crippen LogP contribution is -2.14. The average Bonchev–Trinajstić information content (AvgIpc) is 3.17. The van der Waals surface area contributed by atoms with Crippen LogP contribution >= 0.6 is 11.3 Å². The fraction of sp³-hybridized carbons (Fsp3) is 0.211. The third-order valence-electron chi connectivity index (χ3n) is 3.91. The van der Waals surface area contributed by atoms with Gasteiger partial charge in [-0.2, -0.15) is 0 Å². The van der Waals surface area contributed by atoms with E-state index in [2.05, 4.69) is 15.3 Å². The van der Waals surface area contributed by atoms with Crippen molar-refractivity contribution in [3.63, 3.8) is 0 Å². The average molecular weight is 418 g/mol. The Hall–Kier alpha value is -2.78. The number of methoxy groups -OCH3 is 1. The standard InChI is InChI=1S/C19H19N3O4S2/c1-26-14-7-9-15(10-8-14)28(24,25)12-4-6-18(23)22-19-21-17(13-27-19)16-5-2-3-11-20-16/h2-3,5,7-11,13H,4,6,12H2,1H3,(H,21,22,23). The van der Waals surface area contributed by atoms with Crippen molar-refractivity contribution in [1.29, 1.82) is 0 Å². The monoisotopic (exact) mass is 417 g/mol. The van der Waals surface area contributed by atoms with E-state index in [1.807, 2.05) is 23.6 Å². The van der Waals surface area contributed by atoms with Crippen molar-refractivity contribution in [1.82, 2.24) is 9.97 Å². The highest BCUT2D eigenvalue weighted by Gasteiger charge is 2.16. The largest absolute Gasteiger partial charge is 0.497 e. The number of sulfone groups is 1. The lowest BCUT2D eigenvalue weighted by Gasteiger charge is -2.06. The third kappa shape index (κ3) is 5.14. The molecular weight excluding hydrogens is 398 g/mol. The smallest absolute Gasteiger partial charge is 0.226 e. The molecule has 0 unspecified atom stereocenters. The van der Waals surface area contributed by atoms with E-state index in [1.165, 1.54) is 30.6 Å². The van der Waals surface area contributed by atoms with Gasteiger partial charge in [0, 0.05) is 18.0 Å². The van der Waals surface area contributed by atoms with Crippen LogP contribution in [-0.2, 0) is 14.6 Å². The predicted octanol–water partition coefficient (Wildman–Crippen LogP) is 3.41. The first-order chi connectivity index (χ1) is 13.5. The Morgan fingerprint density at radius 2 is 1.93 bits per heavy atom. The summed E-state index contributed by atoms with van der Waals surface area (Å²) in [6.07, 6.45) is 1.99. The van der Waals surface area contributed by atoms with Gasteiger partial charge in [-0.15, -0.1) is 11.3 Å². The maximum Gasteiger partial charge on any atom is 0.226 e. The van der Waals surface area contributed by atoms with Crippen LogP contribution in [0.3, 0.4) is 0 Å². The molecule has 146 valence electrons. The van der Waals surface area contributed by atoms with Crippen molar-refractivity contribution in [2.24, 2.45) is 0 Å². The molecule has 0 radical (unpaired) electrons. The lowest BCUT2D eigenvalue weighted by atomic mass is 10.3. The minimum absolute atomic E-state index is 0.0912. The molecule has 28 heavy (non-hydrogen) atoms. The van der Waals surface area contributed by atoms with E-state index in [0.717, 1.165) is 5.69 Å². The van der Waals surface area contributed by atoms with Crippen LogP contribution in [0.2, 0.25) is 0 Å². The van der Waals surface area contributed by atoms with Gasteiger partial charge in [0.2, 0.25) is 5.91 Å². The Labute approximate surface area is 167 Å². The summed E-state index contributed by atoms with van der Waals surface area (Å²) < 4.78 is 29.7. The number of carbonyl (C=O) groups excluding carboxylic acids is 1. The van der Waals surface area contributed by atoms with Gasteiger partial charge in [0.15, 0.2) is 15.0 Å². The molecule has 0 spiro atoms. The van der Waals surface area contributed by atoms with Crippen molar-refractivity contribution < 1.29 is 17.9 Å². The topological polar surface area (TPSA) is 98.2 Å². The number of rotatable bonds is 8. The second kappa shape index (κ2) is 8.94. The molecule has 0 aliphatic rings. The van der Waals surface area contributed by atoms with Gasteiger partial charge in [0.05, 0.1) is 23.5 Å². The zero-order chi connectivity index (χ0) is 20.0. The first kappa shape index (κ1) is 20.0. The first-order valence-corrected chi connectivity index (χ1v) is 11.0. The molecule has 0 aliphatic heterocycles. The molecule has 0 aliphatic carbocycles. The summed E-state index contributed by atoms with van der Waals surface area (Å²) in [6.45, 7) is 0. The normalized spacial score (nSPS) is 11.2. The number of hydrogen-bond acceptors (Lipinski definition) is 7. The molecule has 9 heteroatoms. The van der Waals surface area contributed by atoms with E-state index in [1.54, 1.807) is 18.3 Å². The van der Waals surface area contributed by atoms with Crippen molar-refractivity contribution in [2.75, 3.05) is 18.2 Å². The fourth-order valence-electron chi connectivity index (χ4n) is 2.47. The van der Waals surface area contributed by atoms with Crippen LogP contribution in [0, 0.1) is 0 Å². The number of nitrogens with one attached hydrogen (secondary N) is 1. The Bertz CT molecular complexity index is 1030. The van der Waals surface area contributed by atoms with E-state index in [4.69, 9.17) is 4.74 Å².